The number of hydrogen-bond acceptors (Lipinski definition) is 3. The normalized spacial score (nSPS) is 18.6. The van der Waals surface area contributed by atoms with Gasteiger partial charge >= 0.3 is 6.18 Å². The van der Waals surface area contributed by atoms with E-state index in [4.69, 9.17) is 0 Å². The molecule has 0 amide bonds. The molecular weight excluding hydrogens is 333 g/mol. The Morgan fingerprint density at radius 1 is 1.32 bits per heavy atom. The minimum Gasteiger partial charge on any atom is -0.364 e. The lowest BCUT2D eigenvalue weighted by molar-refractivity contribution is -0.140. The predicted molar refractivity (Wildman–Crippen MR) is 87.5 cm³/mol. The van der Waals surface area contributed by atoms with Gasteiger partial charge in [0.15, 0.2) is 12.0 Å². The molecule has 2 N–H and O–H groups in total. The van der Waals surface area contributed by atoms with Crippen LogP contribution in [0.2, 0.25) is 0 Å². The van der Waals surface area contributed by atoms with Gasteiger partial charge in [0.05, 0.1) is 12.1 Å². The number of allylic oxidation sites excluding steroid dienone is 4. The van der Waals surface area contributed by atoms with E-state index in [1.807, 2.05) is 26.0 Å². The number of aromatic nitrogens is 2. The summed E-state index contributed by atoms with van der Waals surface area (Å²) in [5.74, 6) is 0.213. The molecule has 0 radical (unpaired) electrons. The molecule has 0 spiro atoms. The van der Waals surface area contributed by atoms with Gasteiger partial charge in [-0.15, -0.1) is 0 Å². The third-order valence-electron chi connectivity index (χ3n) is 4.62. The second-order valence-electron chi connectivity index (χ2n) is 6.40. The summed E-state index contributed by atoms with van der Waals surface area (Å²) in [5.41, 5.74) is 1.45. The summed E-state index contributed by atoms with van der Waals surface area (Å²) >= 11 is 0. The van der Waals surface area contributed by atoms with Crippen molar-refractivity contribution in [1.29, 1.82) is 0 Å². The van der Waals surface area contributed by atoms with Crippen LogP contribution >= 0.6 is 0 Å². The molecule has 7 heteroatoms. The molecule has 1 aliphatic rings. The highest BCUT2D eigenvalue weighted by molar-refractivity contribution is 5.83. The molecule has 1 heterocycles. The smallest absolute Gasteiger partial charge is 0.364 e. The number of alkyl halides is 3. The molecule has 0 saturated heterocycles. The van der Waals surface area contributed by atoms with Crippen molar-refractivity contribution < 1.29 is 23.4 Å². The molecule has 0 saturated carbocycles. The lowest BCUT2D eigenvalue weighted by atomic mass is 9.89. The van der Waals surface area contributed by atoms with Gasteiger partial charge in [0, 0.05) is 10.9 Å². The second-order valence-corrected chi connectivity index (χ2v) is 6.40. The number of hydrogen-bond donors (Lipinski definition) is 2. The first kappa shape index (κ1) is 17.7. The zero-order chi connectivity index (χ0) is 18.4. The number of nitrogens with zero attached hydrogens (tertiary/aromatic N) is 2. The number of benzene rings is 1. The van der Waals surface area contributed by atoms with Gasteiger partial charge in [0.1, 0.15) is 0 Å². The van der Waals surface area contributed by atoms with E-state index in [2.05, 4.69) is 5.10 Å². The summed E-state index contributed by atoms with van der Waals surface area (Å²) in [7, 11) is 0. The Balaban J connectivity index is 2.16. The van der Waals surface area contributed by atoms with Crippen molar-refractivity contribution in [2.45, 2.75) is 39.3 Å². The Kier molecular flexibility index (Phi) is 4.47. The Morgan fingerprint density at radius 2 is 2.04 bits per heavy atom. The number of halogens is 3. The van der Waals surface area contributed by atoms with Crippen LogP contribution in [0.1, 0.15) is 37.8 Å². The number of aliphatic hydroxyl groups is 2. The first-order valence-corrected chi connectivity index (χ1v) is 7.98. The van der Waals surface area contributed by atoms with Crippen LogP contribution in [0.25, 0.3) is 10.9 Å². The molecular formula is C18H19F3N2O2. The van der Waals surface area contributed by atoms with E-state index in [1.165, 1.54) is 22.9 Å². The molecule has 1 unspecified atom stereocenters. The first-order valence-electron chi connectivity index (χ1n) is 7.98. The van der Waals surface area contributed by atoms with Crippen molar-refractivity contribution in [2.75, 3.05) is 0 Å². The predicted octanol–water partition coefficient (Wildman–Crippen LogP) is 3.95. The summed E-state index contributed by atoms with van der Waals surface area (Å²) in [6.07, 6.45) is -1.48. The van der Waals surface area contributed by atoms with Crippen molar-refractivity contribution in [1.82, 2.24) is 9.78 Å². The molecule has 0 aliphatic heterocycles. The lowest BCUT2D eigenvalue weighted by Crippen LogP contribution is -2.14. The fraction of sp³-hybridized carbons (Fsp3) is 0.389. The maximum absolute atomic E-state index is 13.3. The van der Waals surface area contributed by atoms with E-state index in [0.717, 1.165) is 17.6 Å². The SMILES string of the molecule is CC1=C(Cn2nc(C(F)(F)F)c3ccc(C(O)O)cc32)C(C)CC=C1. The highest BCUT2D eigenvalue weighted by Crippen LogP contribution is 2.36. The van der Waals surface area contributed by atoms with Crippen LogP contribution in [0.4, 0.5) is 13.2 Å². The lowest BCUT2D eigenvalue weighted by Gasteiger charge is -2.21. The average molecular weight is 352 g/mol. The summed E-state index contributed by atoms with van der Waals surface area (Å²) in [6.45, 7) is 4.19. The third kappa shape index (κ3) is 3.34. The molecule has 0 bridgehead atoms. The highest BCUT2D eigenvalue weighted by Gasteiger charge is 2.37. The Bertz CT molecular complexity index is 863. The Labute approximate surface area is 142 Å². The zero-order valence-corrected chi connectivity index (χ0v) is 13.9. The van der Waals surface area contributed by atoms with E-state index < -0.39 is 18.2 Å². The molecule has 1 aromatic heterocycles. The molecule has 0 fully saturated rings. The van der Waals surface area contributed by atoms with E-state index in [-0.39, 0.29) is 28.9 Å². The monoisotopic (exact) mass is 352 g/mol. The maximum atomic E-state index is 13.3. The molecule has 1 aliphatic carbocycles. The van der Waals surface area contributed by atoms with E-state index in [0.29, 0.717) is 0 Å². The average Bonchev–Trinajstić information content (AvgIpc) is 2.89. The molecule has 4 nitrogen and oxygen atoms in total. The fourth-order valence-electron chi connectivity index (χ4n) is 3.21. The fourth-order valence-corrected chi connectivity index (χ4v) is 3.21. The quantitative estimate of drug-likeness (QED) is 0.823. The summed E-state index contributed by atoms with van der Waals surface area (Å²) in [5, 5.41) is 22.4. The summed E-state index contributed by atoms with van der Waals surface area (Å²) in [6, 6.07) is 3.86. The number of rotatable bonds is 3. The van der Waals surface area contributed by atoms with Crippen LogP contribution in [-0.2, 0) is 12.7 Å². The van der Waals surface area contributed by atoms with Gasteiger partial charge in [-0.2, -0.15) is 18.3 Å². The van der Waals surface area contributed by atoms with Crippen molar-refractivity contribution in [3.05, 3.63) is 52.8 Å². The van der Waals surface area contributed by atoms with Crippen molar-refractivity contribution in [2.24, 2.45) is 5.92 Å². The van der Waals surface area contributed by atoms with E-state index >= 15 is 0 Å². The molecule has 1 atom stereocenters. The molecule has 134 valence electrons. The Morgan fingerprint density at radius 3 is 2.64 bits per heavy atom. The summed E-state index contributed by atoms with van der Waals surface area (Å²) < 4.78 is 41.3. The molecule has 2 aromatic rings. The van der Waals surface area contributed by atoms with Gasteiger partial charge in [-0.25, -0.2) is 0 Å². The van der Waals surface area contributed by atoms with Gasteiger partial charge in [-0.05, 0) is 30.9 Å². The minimum absolute atomic E-state index is 0.0471. The van der Waals surface area contributed by atoms with Crippen LogP contribution in [0, 0.1) is 5.92 Å². The van der Waals surface area contributed by atoms with Crippen LogP contribution < -0.4 is 0 Å². The van der Waals surface area contributed by atoms with Gasteiger partial charge in [0.25, 0.3) is 0 Å². The molecule has 25 heavy (non-hydrogen) atoms. The number of fused-ring (bicyclic) bond motifs is 1. The van der Waals surface area contributed by atoms with Gasteiger partial charge < -0.3 is 10.2 Å². The largest absolute Gasteiger partial charge is 0.435 e. The topological polar surface area (TPSA) is 58.3 Å². The first-order chi connectivity index (χ1) is 11.7. The van der Waals surface area contributed by atoms with Crippen LogP contribution in [0.3, 0.4) is 0 Å². The van der Waals surface area contributed by atoms with Crippen molar-refractivity contribution in [3.63, 3.8) is 0 Å². The second kappa shape index (κ2) is 6.31. The Hall–Kier alpha value is -2.12. The third-order valence-corrected chi connectivity index (χ3v) is 4.62. The van der Waals surface area contributed by atoms with E-state index in [9.17, 15) is 23.4 Å². The van der Waals surface area contributed by atoms with Crippen LogP contribution in [-0.4, -0.2) is 20.0 Å². The van der Waals surface area contributed by atoms with E-state index in [1.54, 1.807) is 0 Å². The van der Waals surface area contributed by atoms with Crippen LogP contribution in [0.15, 0.2) is 41.5 Å². The van der Waals surface area contributed by atoms with Crippen molar-refractivity contribution >= 4 is 10.9 Å². The summed E-state index contributed by atoms with van der Waals surface area (Å²) in [4.78, 5) is 0. The minimum atomic E-state index is -4.58. The molecule has 3 rings (SSSR count). The zero-order valence-electron chi connectivity index (χ0n) is 13.9. The highest BCUT2D eigenvalue weighted by atomic mass is 19.4. The van der Waals surface area contributed by atoms with Crippen molar-refractivity contribution in [3.8, 4) is 0 Å². The van der Waals surface area contributed by atoms with Gasteiger partial charge in [-0.1, -0.05) is 36.8 Å². The standard InChI is InChI=1S/C18H19F3N2O2/c1-10-4-3-5-11(2)14(10)9-23-15-8-12(17(24)25)6-7-13(15)16(22-23)18(19,20)21/h3-4,6-8,11,17,24-25H,5,9H2,1-2H3. The number of aliphatic hydroxyl groups excluding tert-OH is 1. The van der Waals surface area contributed by atoms with Gasteiger partial charge in [-0.3, -0.25) is 4.68 Å². The van der Waals surface area contributed by atoms with Gasteiger partial charge in [0.2, 0.25) is 0 Å². The molecule has 1 aromatic carbocycles. The van der Waals surface area contributed by atoms with Crippen LogP contribution in [0.5, 0.6) is 0 Å². The maximum Gasteiger partial charge on any atom is 0.435 e.